The van der Waals surface area contributed by atoms with Crippen molar-refractivity contribution < 1.29 is 17.6 Å². The van der Waals surface area contributed by atoms with E-state index in [4.69, 9.17) is 4.42 Å². The zero-order valence-corrected chi connectivity index (χ0v) is 14.1. The van der Waals surface area contributed by atoms with Crippen LogP contribution in [0.4, 0.5) is 0 Å². The molecule has 1 heterocycles. The Hall–Kier alpha value is -2.08. The molecule has 2 rings (SSSR count). The Labute approximate surface area is 136 Å². The van der Waals surface area contributed by atoms with E-state index in [0.717, 1.165) is 12.8 Å². The monoisotopic (exact) mass is 335 g/mol. The number of amides is 1. The maximum absolute atomic E-state index is 12.3. The average Bonchev–Trinajstić information content (AvgIpc) is 2.96. The molecule has 1 aromatic carbocycles. The molecule has 0 saturated carbocycles. The Bertz CT molecular complexity index is 750. The Morgan fingerprint density at radius 3 is 2.52 bits per heavy atom. The first-order valence-electron chi connectivity index (χ1n) is 7.59. The van der Waals surface area contributed by atoms with Crippen molar-refractivity contribution in [2.75, 3.05) is 0 Å². The Morgan fingerprint density at radius 2 is 1.87 bits per heavy atom. The van der Waals surface area contributed by atoms with Crippen LogP contribution in [-0.4, -0.2) is 20.4 Å². The zero-order chi connectivity index (χ0) is 16.9. The summed E-state index contributed by atoms with van der Waals surface area (Å²) in [5, 5.41) is 2.82. The molecule has 0 spiro atoms. The van der Waals surface area contributed by atoms with E-state index in [9.17, 15) is 13.2 Å². The predicted octanol–water partition coefficient (Wildman–Crippen LogP) is 3.17. The fraction of sp³-hybridized carbons (Fsp3) is 0.353. The van der Waals surface area contributed by atoms with Gasteiger partial charge in [-0.05, 0) is 37.6 Å². The topological polar surface area (TPSA) is 76.4 Å². The average molecular weight is 335 g/mol. The van der Waals surface area contributed by atoms with Crippen LogP contribution < -0.4 is 5.32 Å². The van der Waals surface area contributed by atoms with Gasteiger partial charge in [-0.3, -0.25) is 4.79 Å². The lowest BCUT2D eigenvalue weighted by Crippen LogP contribution is -2.32. The molecule has 124 valence electrons. The van der Waals surface area contributed by atoms with Gasteiger partial charge in [0.2, 0.25) is 0 Å². The first-order chi connectivity index (χ1) is 10.9. The first kappa shape index (κ1) is 17.3. The van der Waals surface area contributed by atoms with Crippen molar-refractivity contribution in [3.8, 4) is 0 Å². The van der Waals surface area contributed by atoms with Gasteiger partial charge in [-0.25, -0.2) is 8.42 Å². The lowest BCUT2D eigenvalue weighted by atomic mass is 10.2. The minimum Gasteiger partial charge on any atom is -0.455 e. The second kappa shape index (κ2) is 7.46. The summed E-state index contributed by atoms with van der Waals surface area (Å²) in [4.78, 5) is 12.3. The first-order valence-corrected chi connectivity index (χ1v) is 9.25. The molecule has 0 aliphatic carbocycles. The number of furan rings is 1. The van der Waals surface area contributed by atoms with E-state index in [1.54, 1.807) is 30.3 Å². The van der Waals surface area contributed by atoms with Gasteiger partial charge >= 0.3 is 0 Å². The van der Waals surface area contributed by atoms with E-state index in [-0.39, 0.29) is 34.1 Å². The summed E-state index contributed by atoms with van der Waals surface area (Å²) < 4.78 is 30.0. The van der Waals surface area contributed by atoms with E-state index >= 15 is 0 Å². The van der Waals surface area contributed by atoms with Crippen LogP contribution in [0.25, 0.3) is 0 Å². The molecule has 6 heteroatoms. The van der Waals surface area contributed by atoms with Crippen LogP contribution in [0.5, 0.6) is 0 Å². The molecule has 0 aliphatic heterocycles. The lowest BCUT2D eigenvalue weighted by Gasteiger charge is -2.11. The van der Waals surface area contributed by atoms with Gasteiger partial charge in [0.25, 0.3) is 5.91 Å². The zero-order valence-electron chi connectivity index (χ0n) is 13.3. The SMILES string of the molecule is CCCC(C)NC(=O)c1ccc(CS(=O)(=O)c2ccccc2)o1. The molecule has 1 amide bonds. The van der Waals surface area contributed by atoms with Crippen LogP contribution >= 0.6 is 0 Å². The number of rotatable bonds is 7. The van der Waals surface area contributed by atoms with Gasteiger partial charge in [0.05, 0.1) is 4.90 Å². The molecule has 0 radical (unpaired) electrons. The van der Waals surface area contributed by atoms with Crippen molar-refractivity contribution in [1.82, 2.24) is 5.32 Å². The fourth-order valence-corrected chi connectivity index (χ4v) is 3.54. The van der Waals surface area contributed by atoms with Crippen molar-refractivity contribution in [3.05, 3.63) is 54.0 Å². The van der Waals surface area contributed by atoms with Crippen LogP contribution in [-0.2, 0) is 15.6 Å². The van der Waals surface area contributed by atoms with Gasteiger partial charge in [-0.15, -0.1) is 0 Å². The molecular formula is C17H21NO4S. The minimum absolute atomic E-state index is 0.0501. The van der Waals surface area contributed by atoms with Crippen LogP contribution in [0.15, 0.2) is 51.8 Å². The van der Waals surface area contributed by atoms with Gasteiger partial charge in [-0.2, -0.15) is 0 Å². The maximum atomic E-state index is 12.3. The van der Waals surface area contributed by atoms with Crippen LogP contribution in [0, 0.1) is 0 Å². The number of nitrogens with one attached hydrogen (secondary N) is 1. The summed E-state index contributed by atoms with van der Waals surface area (Å²) in [5.41, 5.74) is 0. The molecule has 0 bridgehead atoms. The highest BCUT2D eigenvalue weighted by Crippen LogP contribution is 2.18. The highest BCUT2D eigenvalue weighted by Gasteiger charge is 2.19. The minimum atomic E-state index is -3.48. The molecule has 0 fully saturated rings. The van der Waals surface area contributed by atoms with E-state index < -0.39 is 9.84 Å². The van der Waals surface area contributed by atoms with Gasteiger partial charge < -0.3 is 9.73 Å². The highest BCUT2D eigenvalue weighted by atomic mass is 32.2. The van der Waals surface area contributed by atoms with E-state index in [1.165, 1.54) is 12.1 Å². The molecular weight excluding hydrogens is 314 g/mol. The Balaban J connectivity index is 2.06. The number of benzene rings is 1. The molecule has 0 aliphatic rings. The Kier molecular flexibility index (Phi) is 5.60. The molecule has 5 nitrogen and oxygen atoms in total. The van der Waals surface area contributed by atoms with Crippen LogP contribution in [0.3, 0.4) is 0 Å². The molecule has 2 aromatic rings. The van der Waals surface area contributed by atoms with Crippen molar-refractivity contribution in [3.63, 3.8) is 0 Å². The second-order valence-corrected chi connectivity index (χ2v) is 7.49. The maximum Gasteiger partial charge on any atom is 0.287 e. The predicted molar refractivity (Wildman–Crippen MR) is 87.9 cm³/mol. The van der Waals surface area contributed by atoms with Crippen molar-refractivity contribution in [2.24, 2.45) is 0 Å². The number of sulfone groups is 1. The van der Waals surface area contributed by atoms with Crippen LogP contribution in [0.1, 0.15) is 43.0 Å². The summed E-state index contributed by atoms with van der Waals surface area (Å²) in [7, 11) is -3.48. The van der Waals surface area contributed by atoms with Crippen molar-refractivity contribution >= 4 is 15.7 Å². The standard InChI is InChI=1S/C17H21NO4S/c1-3-7-13(2)18-17(19)16-11-10-14(22-16)12-23(20,21)15-8-5-4-6-9-15/h4-6,8-11,13H,3,7,12H2,1-2H3,(H,18,19). The van der Waals surface area contributed by atoms with E-state index in [2.05, 4.69) is 5.32 Å². The summed E-state index contributed by atoms with van der Waals surface area (Å²) in [6.07, 6.45) is 1.85. The van der Waals surface area contributed by atoms with Crippen molar-refractivity contribution in [2.45, 2.75) is 43.4 Å². The number of carbonyl (C=O) groups excluding carboxylic acids is 1. The summed E-state index contributed by atoms with van der Waals surface area (Å²) >= 11 is 0. The number of hydrogen-bond donors (Lipinski definition) is 1. The summed E-state index contributed by atoms with van der Waals surface area (Å²) in [6, 6.07) is 11.3. The molecule has 1 N–H and O–H groups in total. The molecule has 1 atom stereocenters. The fourth-order valence-electron chi connectivity index (χ4n) is 2.28. The quantitative estimate of drug-likeness (QED) is 0.843. The third-order valence-corrected chi connectivity index (χ3v) is 5.07. The number of carbonyl (C=O) groups is 1. The smallest absolute Gasteiger partial charge is 0.287 e. The van der Waals surface area contributed by atoms with Gasteiger partial charge in [-0.1, -0.05) is 31.5 Å². The third-order valence-electron chi connectivity index (χ3n) is 3.42. The second-order valence-electron chi connectivity index (χ2n) is 5.50. The largest absolute Gasteiger partial charge is 0.455 e. The van der Waals surface area contributed by atoms with Gasteiger partial charge in [0.15, 0.2) is 15.6 Å². The molecule has 23 heavy (non-hydrogen) atoms. The summed E-state index contributed by atoms with van der Waals surface area (Å²) in [5.74, 6) is -0.211. The molecule has 1 aromatic heterocycles. The lowest BCUT2D eigenvalue weighted by molar-refractivity contribution is 0.0908. The highest BCUT2D eigenvalue weighted by molar-refractivity contribution is 7.90. The van der Waals surface area contributed by atoms with Crippen molar-refractivity contribution in [1.29, 1.82) is 0 Å². The molecule has 0 saturated heterocycles. The summed E-state index contributed by atoms with van der Waals surface area (Å²) in [6.45, 7) is 3.97. The third kappa shape index (κ3) is 4.69. The van der Waals surface area contributed by atoms with E-state index in [1.807, 2.05) is 13.8 Å². The van der Waals surface area contributed by atoms with Gasteiger partial charge in [0, 0.05) is 6.04 Å². The van der Waals surface area contributed by atoms with Crippen LogP contribution in [0.2, 0.25) is 0 Å². The van der Waals surface area contributed by atoms with E-state index in [0.29, 0.717) is 0 Å². The normalized spacial score (nSPS) is 12.8. The Morgan fingerprint density at radius 1 is 1.17 bits per heavy atom. The number of hydrogen-bond acceptors (Lipinski definition) is 4. The molecule has 1 unspecified atom stereocenters. The van der Waals surface area contributed by atoms with Gasteiger partial charge in [0.1, 0.15) is 11.5 Å².